The smallest absolute Gasteiger partial charge is 0.270 e. The highest BCUT2D eigenvalue weighted by Gasteiger charge is 2.34. The minimum atomic E-state index is -0.403. The molecule has 3 aromatic heterocycles. The molecule has 0 bridgehead atoms. The largest absolute Gasteiger partial charge is 0.488 e. The Morgan fingerprint density at radius 3 is 2.93 bits per heavy atom. The third-order valence-corrected chi connectivity index (χ3v) is 5.18. The normalized spacial score (nSPS) is 16.0. The standard InChI is InChI=1S/C21H18FN5O2/c22-16-3-1-2-4-19(16)29-12-15-7-8-27(15)21(28)18-9-13-5-6-17(25-20(13)26-18)14-10-23-24-11-14/h1-6,9-11,15H,7-8,12H2,(H,23,24)(H,25,26)/t15-/m1/s1. The minimum absolute atomic E-state index is 0.0806. The number of nitrogens with one attached hydrogen (secondary N) is 2. The van der Waals surface area contributed by atoms with Crippen molar-refractivity contribution in [1.82, 2.24) is 25.1 Å². The molecule has 2 N–H and O–H groups in total. The summed E-state index contributed by atoms with van der Waals surface area (Å²) in [4.78, 5) is 22.4. The van der Waals surface area contributed by atoms with Gasteiger partial charge in [-0.15, -0.1) is 0 Å². The number of benzene rings is 1. The van der Waals surface area contributed by atoms with Crippen molar-refractivity contribution in [2.45, 2.75) is 12.5 Å². The van der Waals surface area contributed by atoms with Crippen LogP contribution in [0.2, 0.25) is 0 Å². The number of nitrogens with zero attached hydrogens (tertiary/aromatic N) is 3. The van der Waals surface area contributed by atoms with Crippen molar-refractivity contribution in [3.8, 4) is 17.0 Å². The molecule has 0 aliphatic carbocycles. The van der Waals surface area contributed by atoms with Crippen LogP contribution in [0.5, 0.6) is 5.75 Å². The molecule has 1 aliphatic rings. The highest BCUT2D eigenvalue weighted by atomic mass is 19.1. The van der Waals surface area contributed by atoms with E-state index in [4.69, 9.17) is 4.74 Å². The highest BCUT2D eigenvalue weighted by Crippen LogP contribution is 2.25. The van der Waals surface area contributed by atoms with E-state index >= 15 is 0 Å². The Kier molecular flexibility index (Phi) is 4.23. The maximum Gasteiger partial charge on any atom is 0.270 e. The van der Waals surface area contributed by atoms with Crippen molar-refractivity contribution in [1.29, 1.82) is 0 Å². The average molecular weight is 391 g/mol. The zero-order valence-corrected chi connectivity index (χ0v) is 15.4. The third kappa shape index (κ3) is 3.22. The molecule has 0 unspecified atom stereocenters. The number of pyridine rings is 1. The number of rotatable bonds is 5. The fourth-order valence-corrected chi connectivity index (χ4v) is 3.46. The summed E-state index contributed by atoms with van der Waals surface area (Å²) in [7, 11) is 0. The minimum Gasteiger partial charge on any atom is -0.488 e. The Balaban J connectivity index is 1.31. The number of halogens is 1. The van der Waals surface area contributed by atoms with Crippen molar-refractivity contribution >= 4 is 16.9 Å². The Morgan fingerprint density at radius 1 is 1.28 bits per heavy atom. The van der Waals surface area contributed by atoms with E-state index in [1.54, 1.807) is 41.6 Å². The van der Waals surface area contributed by atoms with Crippen LogP contribution in [0.4, 0.5) is 4.39 Å². The van der Waals surface area contributed by atoms with E-state index in [1.165, 1.54) is 6.07 Å². The van der Waals surface area contributed by atoms with Gasteiger partial charge in [-0.1, -0.05) is 12.1 Å². The lowest BCUT2D eigenvalue weighted by Gasteiger charge is -2.40. The molecule has 1 aliphatic heterocycles. The molecule has 1 aromatic carbocycles. The van der Waals surface area contributed by atoms with Crippen LogP contribution in [-0.4, -0.2) is 50.2 Å². The fraction of sp³-hybridized carbons (Fsp3) is 0.190. The van der Waals surface area contributed by atoms with E-state index in [1.807, 2.05) is 12.1 Å². The molecule has 1 amide bonds. The van der Waals surface area contributed by atoms with Crippen molar-refractivity contribution in [3.63, 3.8) is 0 Å². The zero-order valence-electron chi connectivity index (χ0n) is 15.4. The number of fused-ring (bicyclic) bond motifs is 1. The van der Waals surface area contributed by atoms with E-state index in [0.717, 1.165) is 23.1 Å². The highest BCUT2D eigenvalue weighted by molar-refractivity contribution is 5.98. The number of para-hydroxylation sites is 1. The second-order valence-corrected chi connectivity index (χ2v) is 6.99. The van der Waals surface area contributed by atoms with Crippen LogP contribution in [0.25, 0.3) is 22.3 Å². The molecule has 0 saturated carbocycles. The third-order valence-electron chi connectivity index (χ3n) is 5.18. The lowest BCUT2D eigenvalue weighted by Crippen LogP contribution is -2.54. The Labute approximate surface area is 165 Å². The van der Waals surface area contributed by atoms with Gasteiger partial charge in [-0.25, -0.2) is 9.37 Å². The molecule has 7 nitrogen and oxygen atoms in total. The second kappa shape index (κ2) is 7.05. The monoisotopic (exact) mass is 391 g/mol. The number of carbonyl (C=O) groups excluding carboxylic acids is 1. The summed E-state index contributed by atoms with van der Waals surface area (Å²) in [6.07, 6.45) is 4.29. The van der Waals surface area contributed by atoms with Crippen molar-refractivity contribution in [2.24, 2.45) is 0 Å². The van der Waals surface area contributed by atoms with Crippen LogP contribution in [0.1, 0.15) is 16.9 Å². The lowest BCUT2D eigenvalue weighted by atomic mass is 10.0. The topological polar surface area (TPSA) is 86.9 Å². The maximum absolute atomic E-state index is 13.7. The summed E-state index contributed by atoms with van der Waals surface area (Å²) >= 11 is 0. The quantitative estimate of drug-likeness (QED) is 0.546. The zero-order chi connectivity index (χ0) is 19.8. The van der Waals surface area contributed by atoms with E-state index in [0.29, 0.717) is 17.9 Å². The van der Waals surface area contributed by atoms with Gasteiger partial charge < -0.3 is 14.6 Å². The molecule has 1 atom stereocenters. The predicted octanol–water partition coefficient (Wildman–Crippen LogP) is 3.39. The first-order chi connectivity index (χ1) is 14.2. The Morgan fingerprint density at radius 2 is 2.17 bits per heavy atom. The molecule has 4 aromatic rings. The van der Waals surface area contributed by atoms with Crippen LogP contribution in [0, 0.1) is 5.82 Å². The summed E-state index contributed by atoms with van der Waals surface area (Å²) < 4.78 is 19.3. The lowest BCUT2D eigenvalue weighted by molar-refractivity contribution is 0.0324. The number of H-pyrrole nitrogens is 2. The molecule has 5 rings (SSSR count). The molecular formula is C21H18FN5O2. The van der Waals surface area contributed by atoms with E-state index in [-0.39, 0.29) is 24.3 Å². The van der Waals surface area contributed by atoms with Gasteiger partial charge in [0, 0.05) is 23.7 Å². The molecular weight excluding hydrogens is 373 g/mol. The van der Waals surface area contributed by atoms with Gasteiger partial charge in [0.05, 0.1) is 17.9 Å². The van der Waals surface area contributed by atoms with Gasteiger partial charge in [-0.2, -0.15) is 5.10 Å². The number of likely N-dealkylation sites (tertiary alicyclic amines) is 1. The van der Waals surface area contributed by atoms with Gasteiger partial charge in [-0.05, 0) is 36.8 Å². The predicted molar refractivity (Wildman–Crippen MR) is 105 cm³/mol. The van der Waals surface area contributed by atoms with Gasteiger partial charge in [0.1, 0.15) is 17.9 Å². The number of amides is 1. The van der Waals surface area contributed by atoms with Crippen LogP contribution < -0.4 is 4.74 Å². The fourth-order valence-electron chi connectivity index (χ4n) is 3.46. The van der Waals surface area contributed by atoms with E-state index in [2.05, 4.69) is 20.2 Å². The number of aromatic amines is 2. The number of aromatic nitrogens is 4. The number of carbonyl (C=O) groups is 1. The Bertz CT molecular complexity index is 1170. The summed E-state index contributed by atoms with van der Waals surface area (Å²) in [6, 6.07) is 11.8. The van der Waals surface area contributed by atoms with Crippen LogP contribution in [-0.2, 0) is 0 Å². The molecule has 1 fully saturated rings. The average Bonchev–Trinajstić information content (AvgIpc) is 3.38. The summed E-state index contributed by atoms with van der Waals surface area (Å²) in [5.74, 6) is -0.311. The number of ether oxygens (including phenoxy) is 1. The molecule has 0 spiro atoms. The molecule has 0 radical (unpaired) electrons. The summed E-state index contributed by atoms with van der Waals surface area (Å²) in [5.41, 5.74) is 2.77. The molecule has 29 heavy (non-hydrogen) atoms. The number of hydrogen-bond acceptors (Lipinski definition) is 4. The SMILES string of the molecule is O=C(c1cc2ccc(-c3cn[nH]c3)nc2[nH]1)N1CC[C@@H]1COc1ccccc1F. The summed E-state index contributed by atoms with van der Waals surface area (Å²) in [5, 5.41) is 7.56. The van der Waals surface area contributed by atoms with E-state index < -0.39 is 5.82 Å². The van der Waals surface area contributed by atoms with Gasteiger partial charge in [0.15, 0.2) is 11.6 Å². The Hall–Kier alpha value is -3.68. The van der Waals surface area contributed by atoms with Crippen molar-refractivity contribution in [2.75, 3.05) is 13.2 Å². The first-order valence-electron chi connectivity index (χ1n) is 9.36. The van der Waals surface area contributed by atoms with Crippen LogP contribution >= 0.6 is 0 Å². The maximum atomic E-state index is 13.7. The number of hydrogen-bond donors (Lipinski definition) is 2. The van der Waals surface area contributed by atoms with Crippen LogP contribution in [0.15, 0.2) is 54.9 Å². The van der Waals surface area contributed by atoms with Gasteiger partial charge in [0.2, 0.25) is 0 Å². The van der Waals surface area contributed by atoms with Crippen molar-refractivity contribution < 1.29 is 13.9 Å². The molecule has 8 heteroatoms. The van der Waals surface area contributed by atoms with Gasteiger partial charge in [0.25, 0.3) is 5.91 Å². The first-order valence-corrected chi connectivity index (χ1v) is 9.36. The second-order valence-electron chi connectivity index (χ2n) is 6.99. The van der Waals surface area contributed by atoms with E-state index in [9.17, 15) is 9.18 Å². The van der Waals surface area contributed by atoms with Crippen molar-refractivity contribution in [3.05, 3.63) is 66.4 Å². The van der Waals surface area contributed by atoms with Gasteiger partial charge >= 0.3 is 0 Å². The first kappa shape index (κ1) is 17.4. The molecule has 1 saturated heterocycles. The van der Waals surface area contributed by atoms with Gasteiger partial charge in [-0.3, -0.25) is 9.89 Å². The summed E-state index contributed by atoms with van der Waals surface area (Å²) in [6.45, 7) is 0.906. The molecule has 4 heterocycles. The molecule has 146 valence electrons. The van der Waals surface area contributed by atoms with Crippen LogP contribution in [0.3, 0.4) is 0 Å².